The van der Waals surface area contributed by atoms with Crippen LogP contribution >= 0.6 is 11.3 Å². The van der Waals surface area contributed by atoms with Crippen molar-refractivity contribution in [2.45, 2.75) is 0 Å². The molecule has 0 aliphatic heterocycles. The molecule has 124 valence electrons. The molecule has 7 heteroatoms. The van der Waals surface area contributed by atoms with Crippen LogP contribution in [0.25, 0.3) is 21.8 Å². The fourth-order valence-corrected chi connectivity index (χ4v) is 3.61. The van der Waals surface area contributed by atoms with Crippen LogP contribution in [0.2, 0.25) is 0 Å². The van der Waals surface area contributed by atoms with Gasteiger partial charge < -0.3 is 4.74 Å². The van der Waals surface area contributed by atoms with Gasteiger partial charge in [-0.2, -0.15) is 0 Å². The number of hydrogen-bond donors (Lipinski definition) is 1. The van der Waals surface area contributed by atoms with Crippen LogP contribution in [-0.4, -0.2) is 26.8 Å². The molecule has 3 aromatic rings. The number of sulfonamides is 1. The zero-order valence-corrected chi connectivity index (χ0v) is 14.8. The molecule has 0 atom stereocenters. The number of anilines is 1. The number of hydrogen-bond acceptors (Lipinski definition) is 5. The molecule has 1 N–H and O–H groups in total. The third-order valence-corrected chi connectivity index (χ3v) is 4.80. The molecule has 0 unspecified atom stereocenters. The maximum atomic E-state index is 11.2. The van der Waals surface area contributed by atoms with Gasteiger partial charge in [0.25, 0.3) is 0 Å². The first-order valence-corrected chi connectivity index (χ1v) is 9.90. The molecule has 5 nitrogen and oxygen atoms in total. The number of nitrogens with one attached hydrogen (secondary N) is 1. The standard InChI is InChI=1S/C17H16N2O3S2/c1-22-15-5-3-4-13(10-15)17-18-16(11-23-17)12-6-8-14(9-7-12)19-24(2,20)21/h3-11,19H,1-2H3. The summed E-state index contributed by atoms with van der Waals surface area (Å²) in [7, 11) is -1.63. The van der Waals surface area contributed by atoms with Crippen LogP contribution in [0.5, 0.6) is 5.75 Å². The Balaban J connectivity index is 1.85. The Bertz CT molecular complexity index is 948. The second-order valence-electron chi connectivity index (χ2n) is 5.22. The summed E-state index contributed by atoms with van der Waals surface area (Å²) in [6.07, 6.45) is 1.13. The average Bonchev–Trinajstić information content (AvgIpc) is 3.04. The number of methoxy groups -OCH3 is 1. The molecule has 0 aliphatic carbocycles. The van der Waals surface area contributed by atoms with Crippen LogP contribution < -0.4 is 9.46 Å². The lowest BCUT2D eigenvalue weighted by atomic mass is 10.1. The van der Waals surface area contributed by atoms with E-state index in [1.807, 2.05) is 41.8 Å². The van der Waals surface area contributed by atoms with E-state index in [9.17, 15) is 8.42 Å². The van der Waals surface area contributed by atoms with Gasteiger partial charge in [0.1, 0.15) is 10.8 Å². The molecule has 0 radical (unpaired) electrons. The van der Waals surface area contributed by atoms with Crippen LogP contribution in [0.15, 0.2) is 53.9 Å². The molecular weight excluding hydrogens is 344 g/mol. The van der Waals surface area contributed by atoms with Crippen molar-refractivity contribution in [3.63, 3.8) is 0 Å². The summed E-state index contributed by atoms with van der Waals surface area (Å²) in [5, 5.41) is 2.88. The predicted molar refractivity (Wildman–Crippen MR) is 98.0 cm³/mol. The van der Waals surface area contributed by atoms with Crippen molar-refractivity contribution in [1.82, 2.24) is 4.98 Å². The fraction of sp³-hybridized carbons (Fsp3) is 0.118. The van der Waals surface area contributed by atoms with Gasteiger partial charge in [-0.25, -0.2) is 13.4 Å². The van der Waals surface area contributed by atoms with Gasteiger partial charge in [0.05, 0.1) is 19.1 Å². The molecule has 24 heavy (non-hydrogen) atoms. The lowest BCUT2D eigenvalue weighted by Gasteiger charge is -2.04. The molecule has 1 aromatic heterocycles. The highest BCUT2D eigenvalue weighted by atomic mass is 32.2. The van der Waals surface area contributed by atoms with E-state index in [0.717, 1.165) is 33.8 Å². The monoisotopic (exact) mass is 360 g/mol. The Labute approximate surface area is 145 Å². The van der Waals surface area contributed by atoms with Crippen LogP contribution in [0, 0.1) is 0 Å². The summed E-state index contributed by atoms with van der Waals surface area (Å²) in [6.45, 7) is 0. The molecular formula is C17H16N2O3S2. The molecule has 0 saturated heterocycles. The first kappa shape index (κ1) is 16.5. The molecule has 0 fully saturated rings. The smallest absolute Gasteiger partial charge is 0.229 e. The predicted octanol–water partition coefficient (Wildman–Crippen LogP) is 3.86. The molecule has 0 bridgehead atoms. The minimum atomic E-state index is -3.27. The van der Waals surface area contributed by atoms with Crippen molar-refractivity contribution in [1.29, 1.82) is 0 Å². The van der Waals surface area contributed by atoms with Crippen molar-refractivity contribution >= 4 is 27.0 Å². The van der Waals surface area contributed by atoms with Crippen LogP contribution in [0.3, 0.4) is 0 Å². The summed E-state index contributed by atoms with van der Waals surface area (Å²) >= 11 is 1.55. The van der Waals surface area contributed by atoms with Crippen LogP contribution in [-0.2, 0) is 10.0 Å². The number of aromatic nitrogens is 1. The van der Waals surface area contributed by atoms with Crippen molar-refractivity contribution < 1.29 is 13.2 Å². The van der Waals surface area contributed by atoms with E-state index in [0.29, 0.717) is 5.69 Å². The molecule has 0 aliphatic rings. The number of rotatable bonds is 5. The summed E-state index contributed by atoms with van der Waals surface area (Å²) < 4.78 is 30.2. The normalized spacial score (nSPS) is 11.2. The van der Waals surface area contributed by atoms with E-state index in [1.165, 1.54) is 0 Å². The van der Waals surface area contributed by atoms with Gasteiger partial charge in [0.2, 0.25) is 10.0 Å². The Morgan fingerprint density at radius 3 is 2.50 bits per heavy atom. The minimum absolute atomic E-state index is 0.532. The second kappa shape index (κ2) is 6.62. The summed E-state index contributed by atoms with van der Waals surface area (Å²) in [6, 6.07) is 14.9. The number of thiazole rings is 1. The summed E-state index contributed by atoms with van der Waals surface area (Å²) in [4.78, 5) is 4.65. The molecule has 1 heterocycles. The maximum Gasteiger partial charge on any atom is 0.229 e. The van der Waals surface area contributed by atoms with Crippen molar-refractivity contribution in [2.75, 3.05) is 18.1 Å². The van der Waals surface area contributed by atoms with E-state index in [-0.39, 0.29) is 0 Å². The van der Waals surface area contributed by atoms with Crippen LogP contribution in [0.1, 0.15) is 0 Å². The van der Waals surface area contributed by atoms with E-state index in [2.05, 4.69) is 9.71 Å². The lowest BCUT2D eigenvalue weighted by Crippen LogP contribution is -2.09. The summed E-state index contributed by atoms with van der Waals surface area (Å²) in [5.41, 5.74) is 3.31. The van der Waals surface area contributed by atoms with E-state index in [1.54, 1.807) is 30.6 Å². The van der Waals surface area contributed by atoms with Gasteiger partial charge in [-0.3, -0.25) is 4.72 Å². The number of nitrogens with zero attached hydrogens (tertiary/aromatic N) is 1. The Morgan fingerprint density at radius 1 is 1.08 bits per heavy atom. The van der Waals surface area contributed by atoms with Gasteiger partial charge in [0.15, 0.2) is 0 Å². The third kappa shape index (κ3) is 3.93. The maximum absolute atomic E-state index is 11.2. The Hall–Kier alpha value is -2.38. The van der Waals surface area contributed by atoms with E-state index < -0.39 is 10.0 Å². The summed E-state index contributed by atoms with van der Waals surface area (Å²) in [5.74, 6) is 0.792. The zero-order chi connectivity index (χ0) is 17.2. The first-order chi connectivity index (χ1) is 11.4. The van der Waals surface area contributed by atoms with Crippen molar-refractivity contribution in [3.05, 3.63) is 53.9 Å². The molecule has 2 aromatic carbocycles. The number of ether oxygens (including phenoxy) is 1. The highest BCUT2D eigenvalue weighted by molar-refractivity contribution is 7.92. The Morgan fingerprint density at radius 2 is 1.83 bits per heavy atom. The van der Waals surface area contributed by atoms with E-state index >= 15 is 0 Å². The third-order valence-electron chi connectivity index (χ3n) is 3.30. The SMILES string of the molecule is COc1cccc(-c2nc(-c3ccc(NS(C)(=O)=O)cc3)cs2)c1. The second-order valence-corrected chi connectivity index (χ2v) is 7.83. The van der Waals surface area contributed by atoms with Crippen molar-refractivity contribution in [3.8, 4) is 27.6 Å². The largest absolute Gasteiger partial charge is 0.497 e. The minimum Gasteiger partial charge on any atom is -0.497 e. The zero-order valence-electron chi connectivity index (χ0n) is 13.2. The number of benzene rings is 2. The van der Waals surface area contributed by atoms with Gasteiger partial charge in [0, 0.05) is 22.2 Å². The topological polar surface area (TPSA) is 68.3 Å². The highest BCUT2D eigenvalue weighted by Crippen LogP contribution is 2.31. The molecule has 0 saturated carbocycles. The average molecular weight is 360 g/mol. The molecule has 3 rings (SSSR count). The van der Waals surface area contributed by atoms with Gasteiger partial charge in [-0.15, -0.1) is 11.3 Å². The van der Waals surface area contributed by atoms with Gasteiger partial charge >= 0.3 is 0 Å². The lowest BCUT2D eigenvalue weighted by molar-refractivity contribution is 0.415. The van der Waals surface area contributed by atoms with Crippen molar-refractivity contribution in [2.24, 2.45) is 0 Å². The Kier molecular flexibility index (Phi) is 4.55. The highest BCUT2D eigenvalue weighted by Gasteiger charge is 2.08. The van der Waals surface area contributed by atoms with Crippen LogP contribution in [0.4, 0.5) is 5.69 Å². The first-order valence-electron chi connectivity index (χ1n) is 7.13. The van der Waals surface area contributed by atoms with Gasteiger partial charge in [-0.05, 0) is 24.3 Å². The quantitative estimate of drug-likeness (QED) is 0.750. The fourth-order valence-electron chi connectivity index (χ4n) is 2.22. The van der Waals surface area contributed by atoms with E-state index in [4.69, 9.17) is 4.74 Å². The molecule has 0 amide bonds. The van der Waals surface area contributed by atoms with Gasteiger partial charge in [-0.1, -0.05) is 24.3 Å². The molecule has 0 spiro atoms.